The van der Waals surface area contributed by atoms with Crippen molar-refractivity contribution in [3.8, 4) is 9.88 Å². The van der Waals surface area contributed by atoms with Crippen molar-refractivity contribution in [2.45, 2.75) is 0 Å². The second-order valence-corrected chi connectivity index (χ2v) is 6.20. The molecule has 0 saturated heterocycles. The van der Waals surface area contributed by atoms with Crippen LogP contribution in [-0.2, 0) is 0 Å². The van der Waals surface area contributed by atoms with E-state index in [1.54, 1.807) is 28.9 Å². The predicted molar refractivity (Wildman–Crippen MR) is 58.1 cm³/mol. The summed E-state index contributed by atoms with van der Waals surface area (Å²) >= 11 is 12.3. The highest BCUT2D eigenvalue weighted by molar-refractivity contribution is 9.11. The lowest BCUT2D eigenvalue weighted by molar-refractivity contribution is 1.42. The van der Waals surface area contributed by atoms with Crippen molar-refractivity contribution in [1.82, 2.24) is 4.98 Å². The average molecular weight is 281 g/mol. The molecular weight excluding hydrogens is 278 g/mol. The van der Waals surface area contributed by atoms with Crippen LogP contribution in [0.5, 0.6) is 0 Å². The third kappa shape index (κ3) is 1.71. The van der Waals surface area contributed by atoms with Gasteiger partial charge in [0.05, 0.1) is 19.2 Å². The molecule has 0 aromatic carbocycles. The van der Waals surface area contributed by atoms with Crippen LogP contribution < -0.4 is 0 Å². The Bertz CT molecular complexity index is 357. The molecule has 0 amide bonds. The van der Waals surface area contributed by atoms with E-state index in [4.69, 9.17) is 11.6 Å². The molecule has 0 saturated carbocycles. The molecule has 0 unspecified atom stereocenters. The lowest BCUT2D eigenvalue weighted by Gasteiger charge is -1.84. The van der Waals surface area contributed by atoms with Crippen LogP contribution in [0.1, 0.15) is 0 Å². The van der Waals surface area contributed by atoms with E-state index in [2.05, 4.69) is 20.9 Å². The average Bonchev–Trinajstić information content (AvgIpc) is 2.58. The number of thiophene rings is 1. The summed E-state index contributed by atoms with van der Waals surface area (Å²) in [5.74, 6) is 0. The molecule has 0 radical (unpaired) electrons. The lowest BCUT2D eigenvalue weighted by Crippen LogP contribution is -1.63. The molecular formula is C7H3BrClNS2. The van der Waals surface area contributed by atoms with E-state index in [-0.39, 0.29) is 0 Å². The summed E-state index contributed by atoms with van der Waals surface area (Å²) in [5, 5.41) is 1.01. The standard InChI is InChI=1S/C7H3BrClNS2/c8-5-3-10-7(12-5)4-1-2-6(9)11-4/h1-3H. The van der Waals surface area contributed by atoms with Crippen LogP contribution in [0.15, 0.2) is 22.1 Å². The van der Waals surface area contributed by atoms with Gasteiger partial charge in [0.15, 0.2) is 0 Å². The van der Waals surface area contributed by atoms with Gasteiger partial charge in [0.1, 0.15) is 5.01 Å². The third-order valence-corrected chi connectivity index (χ3v) is 4.14. The van der Waals surface area contributed by atoms with Gasteiger partial charge in [-0.25, -0.2) is 4.98 Å². The van der Waals surface area contributed by atoms with Crippen LogP contribution in [0, 0.1) is 0 Å². The second-order valence-electron chi connectivity index (χ2n) is 2.07. The van der Waals surface area contributed by atoms with E-state index < -0.39 is 0 Å². The van der Waals surface area contributed by atoms with Crippen molar-refractivity contribution in [2.75, 3.05) is 0 Å². The Morgan fingerprint density at radius 3 is 2.67 bits per heavy atom. The molecule has 0 aliphatic heterocycles. The molecule has 0 aliphatic rings. The zero-order chi connectivity index (χ0) is 8.55. The molecule has 62 valence electrons. The summed E-state index contributed by atoms with van der Waals surface area (Å²) in [6.45, 7) is 0. The maximum atomic E-state index is 5.80. The molecule has 12 heavy (non-hydrogen) atoms. The minimum Gasteiger partial charge on any atom is -0.242 e. The van der Waals surface area contributed by atoms with Crippen LogP contribution >= 0.6 is 50.2 Å². The summed E-state index contributed by atoms with van der Waals surface area (Å²) in [6, 6.07) is 3.87. The van der Waals surface area contributed by atoms with E-state index in [1.165, 1.54) is 0 Å². The molecule has 2 aromatic rings. The molecule has 0 fully saturated rings. The molecule has 2 aromatic heterocycles. The van der Waals surface area contributed by atoms with Gasteiger partial charge < -0.3 is 0 Å². The molecule has 2 rings (SSSR count). The first kappa shape index (κ1) is 8.69. The van der Waals surface area contributed by atoms with Crippen molar-refractivity contribution >= 4 is 50.2 Å². The first-order valence-electron chi connectivity index (χ1n) is 3.13. The number of halogens is 2. The minimum absolute atomic E-state index is 0.802. The molecule has 0 spiro atoms. The van der Waals surface area contributed by atoms with Crippen molar-refractivity contribution in [2.24, 2.45) is 0 Å². The summed E-state index contributed by atoms with van der Waals surface area (Å²) in [5.41, 5.74) is 0. The number of hydrogen-bond acceptors (Lipinski definition) is 3. The number of hydrogen-bond donors (Lipinski definition) is 0. The van der Waals surface area contributed by atoms with Gasteiger partial charge >= 0.3 is 0 Å². The van der Waals surface area contributed by atoms with E-state index in [1.807, 2.05) is 12.1 Å². The van der Waals surface area contributed by atoms with Gasteiger partial charge in [0.25, 0.3) is 0 Å². The summed E-state index contributed by atoms with van der Waals surface area (Å²) in [4.78, 5) is 5.34. The molecule has 0 bridgehead atoms. The summed E-state index contributed by atoms with van der Waals surface area (Å²) in [7, 11) is 0. The van der Waals surface area contributed by atoms with Gasteiger partial charge in [-0.05, 0) is 28.1 Å². The van der Waals surface area contributed by atoms with Crippen molar-refractivity contribution in [3.63, 3.8) is 0 Å². The van der Waals surface area contributed by atoms with E-state index in [0.29, 0.717) is 0 Å². The number of thiazole rings is 1. The highest BCUT2D eigenvalue weighted by Crippen LogP contribution is 2.34. The van der Waals surface area contributed by atoms with Crippen molar-refractivity contribution in [3.05, 3.63) is 26.5 Å². The molecule has 0 N–H and O–H groups in total. The maximum Gasteiger partial charge on any atom is 0.134 e. The SMILES string of the molecule is Clc1ccc(-c2ncc(Br)s2)s1. The molecule has 5 heteroatoms. The topological polar surface area (TPSA) is 12.9 Å². The fourth-order valence-electron chi connectivity index (χ4n) is 0.798. The largest absolute Gasteiger partial charge is 0.242 e. The molecule has 1 nitrogen and oxygen atoms in total. The summed E-state index contributed by atoms with van der Waals surface area (Å²) in [6.07, 6.45) is 1.80. The molecule has 0 atom stereocenters. The van der Waals surface area contributed by atoms with Crippen molar-refractivity contribution < 1.29 is 0 Å². The van der Waals surface area contributed by atoms with Gasteiger partial charge in [-0.1, -0.05) is 11.6 Å². The lowest BCUT2D eigenvalue weighted by atomic mass is 10.5. The Hall–Kier alpha value is 0.1000. The fourth-order valence-corrected chi connectivity index (χ4v) is 3.11. The Balaban J connectivity index is 2.43. The van der Waals surface area contributed by atoms with Crippen LogP contribution in [0.3, 0.4) is 0 Å². The van der Waals surface area contributed by atoms with E-state index in [0.717, 1.165) is 18.0 Å². The fraction of sp³-hybridized carbons (Fsp3) is 0. The highest BCUT2D eigenvalue weighted by atomic mass is 79.9. The third-order valence-electron chi connectivity index (χ3n) is 1.26. The monoisotopic (exact) mass is 279 g/mol. The van der Waals surface area contributed by atoms with Crippen LogP contribution in [0.4, 0.5) is 0 Å². The Morgan fingerprint density at radius 2 is 2.17 bits per heavy atom. The van der Waals surface area contributed by atoms with Gasteiger partial charge in [0, 0.05) is 0 Å². The zero-order valence-electron chi connectivity index (χ0n) is 5.75. The number of aromatic nitrogens is 1. The zero-order valence-corrected chi connectivity index (χ0v) is 9.73. The van der Waals surface area contributed by atoms with E-state index in [9.17, 15) is 0 Å². The first-order chi connectivity index (χ1) is 5.75. The Labute approximate surface area is 91.2 Å². The summed E-state index contributed by atoms with van der Waals surface area (Å²) < 4.78 is 1.85. The van der Waals surface area contributed by atoms with Gasteiger partial charge in [-0.3, -0.25) is 0 Å². The Morgan fingerprint density at radius 1 is 1.33 bits per heavy atom. The minimum atomic E-state index is 0.802. The quantitative estimate of drug-likeness (QED) is 0.759. The number of nitrogens with zero attached hydrogens (tertiary/aromatic N) is 1. The van der Waals surface area contributed by atoms with Crippen LogP contribution in [0.25, 0.3) is 9.88 Å². The Kier molecular flexibility index (Phi) is 2.50. The van der Waals surface area contributed by atoms with Gasteiger partial charge in [-0.2, -0.15) is 0 Å². The molecule has 0 aliphatic carbocycles. The van der Waals surface area contributed by atoms with Crippen LogP contribution in [-0.4, -0.2) is 4.98 Å². The maximum absolute atomic E-state index is 5.80. The number of rotatable bonds is 1. The van der Waals surface area contributed by atoms with Gasteiger partial charge in [-0.15, -0.1) is 22.7 Å². The van der Waals surface area contributed by atoms with E-state index >= 15 is 0 Å². The molecule has 2 heterocycles. The normalized spacial score (nSPS) is 10.5. The van der Waals surface area contributed by atoms with Gasteiger partial charge in [0.2, 0.25) is 0 Å². The highest BCUT2D eigenvalue weighted by Gasteiger charge is 2.05. The smallest absolute Gasteiger partial charge is 0.134 e. The predicted octanol–water partition coefficient (Wildman–Crippen LogP) is 4.29. The first-order valence-corrected chi connectivity index (χ1v) is 5.93. The second kappa shape index (κ2) is 3.46. The van der Waals surface area contributed by atoms with Crippen molar-refractivity contribution in [1.29, 1.82) is 0 Å². The van der Waals surface area contributed by atoms with Crippen LogP contribution in [0.2, 0.25) is 4.34 Å².